The lowest BCUT2D eigenvalue weighted by Crippen LogP contribution is -2.38. The van der Waals surface area contributed by atoms with Gasteiger partial charge in [0.2, 0.25) is 0 Å². The van der Waals surface area contributed by atoms with Gasteiger partial charge in [0, 0.05) is 30.5 Å². The first kappa shape index (κ1) is 14.5. The van der Waals surface area contributed by atoms with E-state index in [2.05, 4.69) is 14.9 Å². The first-order valence-electron chi connectivity index (χ1n) is 8.56. The smallest absolute Gasteiger partial charge is 0.251 e. The van der Waals surface area contributed by atoms with Gasteiger partial charge in [-0.1, -0.05) is 18.6 Å². The second-order valence-corrected chi connectivity index (χ2v) is 7.05. The molecule has 1 aromatic carbocycles. The van der Waals surface area contributed by atoms with Crippen LogP contribution in [-0.2, 0) is 6.54 Å². The van der Waals surface area contributed by atoms with E-state index in [0.29, 0.717) is 12.0 Å². The lowest BCUT2D eigenvalue weighted by atomic mass is 9.95. The fourth-order valence-electron chi connectivity index (χ4n) is 4.20. The minimum Gasteiger partial charge on any atom is -0.349 e. The van der Waals surface area contributed by atoms with Crippen LogP contribution in [0.15, 0.2) is 36.7 Å². The third-order valence-corrected chi connectivity index (χ3v) is 5.55. The predicted molar refractivity (Wildman–Crippen MR) is 89.2 cm³/mol. The molecular weight excluding hydrogens is 286 g/mol. The highest BCUT2D eigenvalue weighted by molar-refractivity contribution is 5.94. The molecule has 1 N–H and O–H groups in total. The number of aryl methyl sites for hydroxylation is 1. The van der Waals surface area contributed by atoms with E-state index in [1.54, 1.807) is 0 Å². The number of fused-ring (bicyclic) bond motifs is 2. The SMILES string of the molecule is Cc1nccn1Cc1ccc(C(=O)N[C@H]2C[C@@H]3CC[C@@H]2C3)cc1. The van der Waals surface area contributed by atoms with E-state index in [1.165, 1.54) is 31.2 Å². The molecule has 2 aromatic rings. The highest BCUT2D eigenvalue weighted by Crippen LogP contribution is 2.44. The summed E-state index contributed by atoms with van der Waals surface area (Å²) in [6.45, 7) is 2.79. The van der Waals surface area contributed by atoms with Gasteiger partial charge in [-0.15, -0.1) is 0 Å². The Morgan fingerprint density at radius 2 is 2.09 bits per heavy atom. The van der Waals surface area contributed by atoms with Gasteiger partial charge in [0.15, 0.2) is 0 Å². The van der Waals surface area contributed by atoms with Crippen molar-refractivity contribution in [3.8, 4) is 0 Å². The number of amides is 1. The minimum atomic E-state index is 0.0768. The summed E-state index contributed by atoms with van der Waals surface area (Å²) >= 11 is 0. The Balaban J connectivity index is 1.39. The second-order valence-electron chi connectivity index (χ2n) is 7.05. The van der Waals surface area contributed by atoms with Crippen LogP contribution >= 0.6 is 0 Å². The van der Waals surface area contributed by atoms with Crippen molar-refractivity contribution < 1.29 is 4.79 Å². The molecule has 1 heterocycles. The Bertz CT molecular complexity index is 704. The number of imidazole rings is 1. The first-order chi connectivity index (χ1) is 11.2. The van der Waals surface area contributed by atoms with Crippen molar-refractivity contribution in [1.82, 2.24) is 14.9 Å². The number of benzene rings is 1. The zero-order valence-electron chi connectivity index (χ0n) is 13.5. The fourth-order valence-corrected chi connectivity index (χ4v) is 4.20. The molecular formula is C19H23N3O. The topological polar surface area (TPSA) is 46.9 Å². The third-order valence-electron chi connectivity index (χ3n) is 5.55. The molecule has 0 aliphatic heterocycles. The minimum absolute atomic E-state index is 0.0768. The molecule has 120 valence electrons. The van der Waals surface area contributed by atoms with Crippen molar-refractivity contribution in [2.75, 3.05) is 0 Å². The zero-order chi connectivity index (χ0) is 15.8. The van der Waals surface area contributed by atoms with Gasteiger partial charge in [-0.25, -0.2) is 4.98 Å². The summed E-state index contributed by atoms with van der Waals surface area (Å²) < 4.78 is 2.10. The van der Waals surface area contributed by atoms with Crippen LogP contribution in [-0.4, -0.2) is 21.5 Å². The van der Waals surface area contributed by atoms with Gasteiger partial charge < -0.3 is 9.88 Å². The van der Waals surface area contributed by atoms with Gasteiger partial charge in [-0.2, -0.15) is 0 Å². The van der Waals surface area contributed by atoms with E-state index < -0.39 is 0 Å². The van der Waals surface area contributed by atoms with Crippen molar-refractivity contribution in [2.45, 2.75) is 45.2 Å². The normalized spacial score (nSPS) is 25.7. The maximum Gasteiger partial charge on any atom is 0.251 e. The van der Waals surface area contributed by atoms with Crippen molar-refractivity contribution in [1.29, 1.82) is 0 Å². The predicted octanol–water partition coefficient (Wildman–Crippen LogP) is 3.16. The van der Waals surface area contributed by atoms with Crippen LogP contribution in [0.4, 0.5) is 0 Å². The van der Waals surface area contributed by atoms with Crippen molar-refractivity contribution >= 4 is 5.91 Å². The van der Waals surface area contributed by atoms with Crippen LogP contribution in [0.1, 0.15) is 47.4 Å². The fraction of sp³-hybridized carbons (Fsp3) is 0.474. The number of hydrogen-bond acceptors (Lipinski definition) is 2. The quantitative estimate of drug-likeness (QED) is 0.943. The summed E-state index contributed by atoms with van der Waals surface area (Å²) in [5, 5.41) is 3.25. The highest BCUT2D eigenvalue weighted by Gasteiger charge is 2.40. The van der Waals surface area contributed by atoms with Gasteiger partial charge in [-0.3, -0.25) is 4.79 Å². The van der Waals surface area contributed by atoms with Crippen molar-refractivity contribution in [3.63, 3.8) is 0 Å². The van der Waals surface area contributed by atoms with E-state index in [-0.39, 0.29) is 5.91 Å². The van der Waals surface area contributed by atoms with Crippen LogP contribution in [0.5, 0.6) is 0 Å². The molecule has 2 fully saturated rings. The highest BCUT2D eigenvalue weighted by atomic mass is 16.1. The number of nitrogens with one attached hydrogen (secondary N) is 1. The molecule has 4 heteroatoms. The van der Waals surface area contributed by atoms with E-state index >= 15 is 0 Å². The summed E-state index contributed by atoms with van der Waals surface area (Å²) in [7, 11) is 0. The lowest BCUT2D eigenvalue weighted by molar-refractivity contribution is 0.0923. The van der Waals surface area contributed by atoms with E-state index in [9.17, 15) is 4.79 Å². The number of hydrogen-bond donors (Lipinski definition) is 1. The van der Waals surface area contributed by atoms with Crippen molar-refractivity contribution in [3.05, 3.63) is 53.6 Å². The molecule has 2 bridgehead atoms. The van der Waals surface area contributed by atoms with Gasteiger partial charge in [0.05, 0.1) is 0 Å². The molecule has 0 saturated heterocycles. The van der Waals surface area contributed by atoms with Crippen LogP contribution in [0.25, 0.3) is 0 Å². The van der Waals surface area contributed by atoms with E-state index in [1.807, 2.05) is 43.6 Å². The molecule has 0 radical (unpaired) electrons. The van der Waals surface area contributed by atoms with Crippen LogP contribution < -0.4 is 5.32 Å². The Labute approximate surface area is 136 Å². The Morgan fingerprint density at radius 1 is 1.26 bits per heavy atom. The Kier molecular flexibility index (Phi) is 3.68. The summed E-state index contributed by atoms with van der Waals surface area (Å²) in [4.78, 5) is 16.7. The summed E-state index contributed by atoms with van der Waals surface area (Å²) in [6.07, 6.45) is 8.93. The number of nitrogens with zero attached hydrogens (tertiary/aromatic N) is 2. The number of carbonyl (C=O) groups excluding carboxylic acids is 1. The van der Waals surface area contributed by atoms with Crippen LogP contribution in [0.3, 0.4) is 0 Å². The van der Waals surface area contributed by atoms with Gasteiger partial charge in [0.25, 0.3) is 5.91 Å². The van der Waals surface area contributed by atoms with Gasteiger partial charge in [-0.05, 0) is 55.7 Å². The van der Waals surface area contributed by atoms with E-state index in [4.69, 9.17) is 0 Å². The van der Waals surface area contributed by atoms with E-state index in [0.717, 1.165) is 23.9 Å². The monoisotopic (exact) mass is 309 g/mol. The summed E-state index contributed by atoms with van der Waals surface area (Å²) in [5.74, 6) is 2.65. The molecule has 1 amide bonds. The average molecular weight is 309 g/mol. The van der Waals surface area contributed by atoms with Gasteiger partial charge in [0.1, 0.15) is 5.82 Å². The first-order valence-corrected chi connectivity index (χ1v) is 8.56. The molecule has 23 heavy (non-hydrogen) atoms. The molecule has 1 aromatic heterocycles. The number of rotatable bonds is 4. The molecule has 2 saturated carbocycles. The molecule has 2 aliphatic rings. The summed E-state index contributed by atoms with van der Waals surface area (Å²) in [5.41, 5.74) is 1.95. The molecule has 4 nitrogen and oxygen atoms in total. The molecule has 0 unspecified atom stereocenters. The van der Waals surface area contributed by atoms with Crippen molar-refractivity contribution in [2.24, 2.45) is 11.8 Å². The molecule has 4 rings (SSSR count). The number of carbonyl (C=O) groups is 1. The number of aromatic nitrogens is 2. The van der Waals surface area contributed by atoms with Crippen LogP contribution in [0.2, 0.25) is 0 Å². The Hall–Kier alpha value is -2.10. The molecule has 2 aliphatic carbocycles. The second kappa shape index (κ2) is 5.84. The molecule has 0 spiro atoms. The van der Waals surface area contributed by atoms with Gasteiger partial charge >= 0.3 is 0 Å². The van der Waals surface area contributed by atoms with Crippen LogP contribution in [0, 0.1) is 18.8 Å². The molecule has 3 atom stereocenters. The maximum atomic E-state index is 12.4. The zero-order valence-corrected chi connectivity index (χ0v) is 13.5. The maximum absolute atomic E-state index is 12.4. The third kappa shape index (κ3) is 2.90. The largest absolute Gasteiger partial charge is 0.349 e. The standard InChI is InChI=1S/C19H23N3O/c1-13-20-8-9-22(13)12-14-2-5-16(6-3-14)19(23)21-18-11-15-4-7-17(18)10-15/h2-3,5-6,8-9,15,17-18H,4,7,10-12H2,1H3,(H,21,23)/t15-,17-,18+/m1/s1. The lowest BCUT2D eigenvalue weighted by Gasteiger charge is -2.22. The average Bonchev–Trinajstić information content (AvgIpc) is 3.26. The summed E-state index contributed by atoms with van der Waals surface area (Å²) in [6, 6.07) is 8.34. The Morgan fingerprint density at radius 3 is 2.70 bits per heavy atom.